The van der Waals surface area contributed by atoms with Crippen molar-refractivity contribution in [2.24, 2.45) is 0 Å². The molecule has 0 saturated carbocycles. The second-order valence-electron chi connectivity index (χ2n) is 3.80. The fraction of sp³-hybridized carbons (Fsp3) is 0.583. The maximum absolute atomic E-state index is 9.08. The van der Waals surface area contributed by atoms with E-state index < -0.39 is 10.1 Å². The van der Waals surface area contributed by atoms with Crippen LogP contribution in [-0.4, -0.2) is 19.2 Å². The first-order valence-electron chi connectivity index (χ1n) is 5.76. The second-order valence-corrected chi connectivity index (χ2v) is 5.20. The van der Waals surface area contributed by atoms with Crippen molar-refractivity contribution in [2.45, 2.75) is 39.7 Å². The molecule has 1 aromatic heterocycles. The van der Waals surface area contributed by atoms with Gasteiger partial charge in [0.05, 0.1) is 10.1 Å². The van der Waals surface area contributed by atoms with Gasteiger partial charge in [-0.15, -0.1) is 0 Å². The van der Waals surface area contributed by atoms with Gasteiger partial charge in [-0.1, -0.05) is 26.3 Å². The van der Waals surface area contributed by atoms with E-state index in [2.05, 4.69) is 42.8 Å². The standard InChI is InChI=1S/C11H18N.CH4O3S/c1-3-5-9-12-10-7-6-8-11(12)4-2;1-5(2,3)4/h6-8,10H,3-5,9H2,1-2H3;1H3,(H,2,3,4)/q+1;/p-1. The van der Waals surface area contributed by atoms with Crippen LogP contribution in [0.4, 0.5) is 0 Å². The molecular formula is C12H21NO3S. The molecule has 5 heteroatoms. The van der Waals surface area contributed by atoms with E-state index in [0.717, 1.165) is 6.42 Å². The molecule has 98 valence electrons. The summed E-state index contributed by atoms with van der Waals surface area (Å²) in [5, 5.41) is 0. The summed E-state index contributed by atoms with van der Waals surface area (Å²) in [4.78, 5) is 0. The lowest BCUT2D eigenvalue weighted by molar-refractivity contribution is -0.704. The van der Waals surface area contributed by atoms with Gasteiger partial charge < -0.3 is 4.55 Å². The average Bonchev–Trinajstić information content (AvgIpc) is 2.24. The van der Waals surface area contributed by atoms with Crippen molar-refractivity contribution < 1.29 is 17.5 Å². The Hall–Kier alpha value is -0.940. The molecule has 1 heterocycles. The van der Waals surface area contributed by atoms with Gasteiger partial charge >= 0.3 is 0 Å². The monoisotopic (exact) mass is 259 g/mol. The zero-order valence-corrected chi connectivity index (χ0v) is 11.5. The van der Waals surface area contributed by atoms with E-state index in [1.807, 2.05) is 0 Å². The quantitative estimate of drug-likeness (QED) is 0.608. The van der Waals surface area contributed by atoms with Crippen LogP contribution < -0.4 is 4.57 Å². The van der Waals surface area contributed by atoms with Gasteiger partial charge in [0.2, 0.25) is 0 Å². The average molecular weight is 259 g/mol. The van der Waals surface area contributed by atoms with E-state index in [4.69, 9.17) is 13.0 Å². The number of unbranched alkanes of at least 4 members (excludes halogenated alkanes) is 1. The summed E-state index contributed by atoms with van der Waals surface area (Å²) in [5.74, 6) is 0. The van der Waals surface area contributed by atoms with E-state index in [-0.39, 0.29) is 0 Å². The van der Waals surface area contributed by atoms with Crippen LogP contribution in [0.5, 0.6) is 0 Å². The smallest absolute Gasteiger partial charge is 0.181 e. The Kier molecular flexibility index (Phi) is 7.74. The number of hydrogen-bond acceptors (Lipinski definition) is 3. The molecule has 0 amide bonds. The number of aryl methyl sites for hydroxylation is 2. The van der Waals surface area contributed by atoms with Gasteiger partial charge in [-0.25, -0.2) is 13.0 Å². The lowest BCUT2D eigenvalue weighted by Crippen LogP contribution is -2.37. The van der Waals surface area contributed by atoms with Crippen molar-refractivity contribution in [3.05, 3.63) is 30.1 Å². The fourth-order valence-corrected chi connectivity index (χ4v) is 1.38. The number of hydrogen-bond donors (Lipinski definition) is 0. The SMILES string of the molecule is CCCC[n+]1ccccc1CC.CS(=O)(=O)[O-]. The highest BCUT2D eigenvalue weighted by Gasteiger charge is 2.04. The molecule has 0 aliphatic heterocycles. The molecule has 17 heavy (non-hydrogen) atoms. The van der Waals surface area contributed by atoms with Crippen LogP contribution >= 0.6 is 0 Å². The molecule has 0 spiro atoms. The molecule has 0 N–H and O–H groups in total. The molecule has 0 aliphatic rings. The van der Waals surface area contributed by atoms with Crippen LogP contribution in [0.1, 0.15) is 32.4 Å². The number of rotatable bonds is 4. The van der Waals surface area contributed by atoms with Crippen LogP contribution in [0.3, 0.4) is 0 Å². The predicted octanol–water partition coefficient (Wildman–Crippen LogP) is 1.50. The van der Waals surface area contributed by atoms with Crippen molar-refractivity contribution in [1.29, 1.82) is 0 Å². The van der Waals surface area contributed by atoms with E-state index in [0.29, 0.717) is 6.26 Å². The van der Waals surface area contributed by atoms with Gasteiger partial charge in [-0.2, -0.15) is 0 Å². The minimum atomic E-state index is -3.92. The lowest BCUT2D eigenvalue weighted by Gasteiger charge is -1.99. The minimum Gasteiger partial charge on any atom is -0.748 e. The molecule has 0 bridgehead atoms. The van der Waals surface area contributed by atoms with Gasteiger partial charge in [-0.05, 0) is 0 Å². The highest BCUT2D eigenvalue weighted by Crippen LogP contribution is 1.94. The number of aromatic nitrogens is 1. The largest absolute Gasteiger partial charge is 0.748 e. The number of pyridine rings is 1. The predicted molar refractivity (Wildman–Crippen MR) is 66.5 cm³/mol. The summed E-state index contributed by atoms with van der Waals surface area (Å²) in [5.41, 5.74) is 1.44. The van der Waals surface area contributed by atoms with Crippen LogP contribution in [0.2, 0.25) is 0 Å². The van der Waals surface area contributed by atoms with Crippen molar-refractivity contribution in [3.63, 3.8) is 0 Å². The van der Waals surface area contributed by atoms with E-state index in [1.165, 1.54) is 25.1 Å². The minimum absolute atomic E-state index is 0.604. The molecule has 0 aromatic carbocycles. The van der Waals surface area contributed by atoms with Crippen LogP contribution in [0, 0.1) is 0 Å². The third-order valence-electron chi connectivity index (χ3n) is 2.15. The Bertz CT molecular complexity index is 408. The molecule has 4 nitrogen and oxygen atoms in total. The molecule has 0 radical (unpaired) electrons. The lowest BCUT2D eigenvalue weighted by atomic mass is 10.2. The van der Waals surface area contributed by atoms with Crippen molar-refractivity contribution in [3.8, 4) is 0 Å². The summed E-state index contributed by atoms with van der Waals surface area (Å²) < 4.78 is 29.6. The van der Waals surface area contributed by atoms with E-state index in [1.54, 1.807) is 0 Å². The molecular weight excluding hydrogens is 238 g/mol. The topological polar surface area (TPSA) is 61.1 Å². The van der Waals surface area contributed by atoms with Crippen LogP contribution in [0.15, 0.2) is 24.4 Å². The molecule has 0 fully saturated rings. The Morgan fingerprint density at radius 3 is 2.35 bits per heavy atom. The van der Waals surface area contributed by atoms with Crippen LogP contribution in [-0.2, 0) is 23.1 Å². The highest BCUT2D eigenvalue weighted by atomic mass is 32.2. The van der Waals surface area contributed by atoms with Gasteiger partial charge in [-0.3, -0.25) is 0 Å². The summed E-state index contributed by atoms with van der Waals surface area (Å²) in [6.07, 6.45) is 6.46. The Labute approximate surface area is 104 Å². The summed E-state index contributed by atoms with van der Waals surface area (Å²) >= 11 is 0. The maximum atomic E-state index is 9.08. The van der Waals surface area contributed by atoms with Crippen molar-refractivity contribution in [1.82, 2.24) is 0 Å². The Balaban J connectivity index is 0.000000437. The zero-order chi connectivity index (χ0) is 13.3. The Morgan fingerprint density at radius 1 is 1.29 bits per heavy atom. The molecule has 1 aromatic rings. The van der Waals surface area contributed by atoms with Crippen LogP contribution in [0.25, 0.3) is 0 Å². The van der Waals surface area contributed by atoms with Gasteiger partial charge in [0, 0.05) is 31.2 Å². The van der Waals surface area contributed by atoms with Crippen molar-refractivity contribution in [2.75, 3.05) is 6.26 Å². The van der Waals surface area contributed by atoms with E-state index in [9.17, 15) is 0 Å². The summed E-state index contributed by atoms with van der Waals surface area (Å²) in [6, 6.07) is 6.42. The number of nitrogens with zero attached hydrogens (tertiary/aromatic N) is 1. The zero-order valence-electron chi connectivity index (χ0n) is 10.7. The summed E-state index contributed by atoms with van der Waals surface area (Å²) in [7, 11) is -3.92. The van der Waals surface area contributed by atoms with E-state index >= 15 is 0 Å². The van der Waals surface area contributed by atoms with Crippen molar-refractivity contribution >= 4 is 10.1 Å². The third-order valence-corrected chi connectivity index (χ3v) is 2.15. The van der Waals surface area contributed by atoms with Gasteiger partial charge in [0.25, 0.3) is 0 Å². The normalized spacial score (nSPS) is 10.6. The Morgan fingerprint density at radius 2 is 1.88 bits per heavy atom. The van der Waals surface area contributed by atoms with Gasteiger partial charge in [0.15, 0.2) is 11.9 Å². The first-order chi connectivity index (χ1) is 7.88. The highest BCUT2D eigenvalue weighted by molar-refractivity contribution is 7.84. The van der Waals surface area contributed by atoms with Gasteiger partial charge in [0.1, 0.15) is 6.54 Å². The second kappa shape index (κ2) is 8.20. The summed E-state index contributed by atoms with van der Waals surface area (Å²) in [6.45, 7) is 5.60. The molecule has 0 unspecified atom stereocenters. The molecule has 0 atom stereocenters. The maximum Gasteiger partial charge on any atom is 0.181 e. The molecule has 0 aliphatic carbocycles. The fourth-order valence-electron chi connectivity index (χ4n) is 1.38. The third kappa shape index (κ3) is 9.96. The molecule has 1 rings (SSSR count). The molecule has 0 saturated heterocycles. The first kappa shape index (κ1) is 16.1. The first-order valence-corrected chi connectivity index (χ1v) is 7.58.